The van der Waals surface area contributed by atoms with Gasteiger partial charge in [0.15, 0.2) is 0 Å². The van der Waals surface area contributed by atoms with Crippen LogP contribution in [0.4, 0.5) is 5.82 Å². The van der Waals surface area contributed by atoms with Gasteiger partial charge in [-0.1, -0.05) is 0 Å². The lowest BCUT2D eigenvalue weighted by atomic mass is 9.92. The van der Waals surface area contributed by atoms with Crippen LogP contribution in [0.25, 0.3) is 0 Å². The first-order valence-electron chi connectivity index (χ1n) is 4.97. The maximum absolute atomic E-state index is 5.91. The average molecular weight is 228 g/mol. The van der Waals surface area contributed by atoms with Crippen LogP contribution in [-0.2, 0) is 0 Å². The van der Waals surface area contributed by atoms with E-state index in [1.165, 1.54) is 6.33 Å². The van der Waals surface area contributed by atoms with Crippen molar-refractivity contribution in [3.05, 3.63) is 11.9 Å². The van der Waals surface area contributed by atoms with E-state index in [0.717, 1.165) is 24.2 Å². The highest BCUT2D eigenvalue weighted by Crippen LogP contribution is 2.29. The third kappa shape index (κ3) is 2.15. The molecular weight excluding hydrogens is 214 g/mol. The molecule has 5 heteroatoms. The molecular formula is C10H14ClN3O. The lowest BCUT2D eigenvalue weighted by molar-refractivity contribution is 0.393. The monoisotopic (exact) mass is 227 g/mol. The molecule has 1 aliphatic rings. The van der Waals surface area contributed by atoms with Gasteiger partial charge in [0.1, 0.15) is 12.1 Å². The van der Waals surface area contributed by atoms with E-state index in [2.05, 4.69) is 15.3 Å². The lowest BCUT2D eigenvalue weighted by Gasteiger charge is -2.32. The molecule has 4 nitrogen and oxygen atoms in total. The van der Waals surface area contributed by atoms with Crippen LogP contribution < -0.4 is 10.1 Å². The largest absolute Gasteiger partial charge is 0.481 e. The van der Waals surface area contributed by atoms with Gasteiger partial charge in [-0.05, 0) is 19.8 Å². The Kier molecular flexibility index (Phi) is 2.95. The Morgan fingerprint density at radius 2 is 2.20 bits per heavy atom. The number of ether oxygens (including phenoxy) is 1. The summed E-state index contributed by atoms with van der Waals surface area (Å²) >= 11 is 5.91. The topological polar surface area (TPSA) is 47.0 Å². The highest BCUT2D eigenvalue weighted by molar-refractivity contribution is 6.21. The van der Waals surface area contributed by atoms with E-state index in [1.807, 2.05) is 6.92 Å². The maximum Gasteiger partial charge on any atom is 0.221 e. The van der Waals surface area contributed by atoms with Crippen molar-refractivity contribution < 1.29 is 4.74 Å². The van der Waals surface area contributed by atoms with Crippen LogP contribution in [0.2, 0.25) is 0 Å². The first-order chi connectivity index (χ1) is 7.20. The van der Waals surface area contributed by atoms with Crippen LogP contribution in [0.15, 0.2) is 6.33 Å². The lowest BCUT2D eigenvalue weighted by Crippen LogP contribution is -2.36. The number of methoxy groups -OCH3 is 1. The number of hydrogen-bond donors (Lipinski definition) is 1. The van der Waals surface area contributed by atoms with Crippen molar-refractivity contribution in [1.82, 2.24) is 9.97 Å². The van der Waals surface area contributed by atoms with Crippen molar-refractivity contribution in [3.8, 4) is 5.88 Å². The fourth-order valence-electron chi connectivity index (χ4n) is 1.64. The average Bonchev–Trinajstić information content (AvgIpc) is 2.18. The quantitative estimate of drug-likeness (QED) is 0.803. The molecule has 2 rings (SSSR count). The van der Waals surface area contributed by atoms with E-state index < -0.39 is 0 Å². The fraction of sp³-hybridized carbons (Fsp3) is 0.600. The molecule has 1 aromatic rings. The van der Waals surface area contributed by atoms with Gasteiger partial charge in [0.2, 0.25) is 5.88 Å². The van der Waals surface area contributed by atoms with E-state index in [0.29, 0.717) is 17.3 Å². The molecule has 1 aliphatic carbocycles. The summed E-state index contributed by atoms with van der Waals surface area (Å²) in [6.07, 6.45) is 3.49. The van der Waals surface area contributed by atoms with Gasteiger partial charge in [0, 0.05) is 11.4 Å². The Balaban J connectivity index is 2.07. The summed E-state index contributed by atoms with van der Waals surface area (Å²) < 4.78 is 5.12. The van der Waals surface area contributed by atoms with Crippen LogP contribution in [0.5, 0.6) is 5.88 Å². The van der Waals surface area contributed by atoms with E-state index in [-0.39, 0.29) is 0 Å². The van der Waals surface area contributed by atoms with Gasteiger partial charge in [-0.15, -0.1) is 11.6 Å². The van der Waals surface area contributed by atoms with Crippen molar-refractivity contribution in [2.75, 3.05) is 12.4 Å². The molecule has 1 heterocycles. The summed E-state index contributed by atoms with van der Waals surface area (Å²) in [7, 11) is 1.61. The zero-order valence-electron chi connectivity index (χ0n) is 8.83. The molecule has 15 heavy (non-hydrogen) atoms. The second-order valence-corrected chi connectivity index (χ2v) is 4.38. The summed E-state index contributed by atoms with van der Waals surface area (Å²) in [5, 5.41) is 3.65. The number of nitrogens with one attached hydrogen (secondary N) is 1. The Morgan fingerprint density at radius 3 is 2.80 bits per heavy atom. The van der Waals surface area contributed by atoms with Gasteiger partial charge in [0.25, 0.3) is 0 Å². The summed E-state index contributed by atoms with van der Waals surface area (Å²) in [5.41, 5.74) is 0.943. The van der Waals surface area contributed by atoms with Crippen LogP contribution >= 0.6 is 11.6 Å². The van der Waals surface area contributed by atoms with Crippen LogP contribution in [0, 0.1) is 6.92 Å². The van der Waals surface area contributed by atoms with Crippen molar-refractivity contribution in [2.24, 2.45) is 0 Å². The van der Waals surface area contributed by atoms with E-state index in [9.17, 15) is 0 Å². The maximum atomic E-state index is 5.91. The van der Waals surface area contributed by atoms with Crippen LogP contribution in [0.3, 0.4) is 0 Å². The van der Waals surface area contributed by atoms with Crippen molar-refractivity contribution in [3.63, 3.8) is 0 Å². The van der Waals surface area contributed by atoms with E-state index >= 15 is 0 Å². The highest BCUT2D eigenvalue weighted by atomic mass is 35.5. The van der Waals surface area contributed by atoms with Gasteiger partial charge in [-0.2, -0.15) is 0 Å². The first-order valence-corrected chi connectivity index (χ1v) is 5.40. The molecule has 0 unspecified atom stereocenters. The number of rotatable bonds is 3. The smallest absolute Gasteiger partial charge is 0.221 e. The van der Waals surface area contributed by atoms with Crippen LogP contribution in [-0.4, -0.2) is 28.5 Å². The summed E-state index contributed by atoms with van der Waals surface area (Å²) in [5.74, 6) is 1.46. The minimum Gasteiger partial charge on any atom is -0.481 e. The predicted octanol–water partition coefficient (Wildman–Crippen LogP) is 1.98. The number of nitrogens with zero attached hydrogens (tertiary/aromatic N) is 2. The molecule has 0 aromatic carbocycles. The second kappa shape index (κ2) is 4.23. The third-order valence-corrected chi connectivity index (χ3v) is 3.01. The fourth-order valence-corrected chi connectivity index (χ4v) is 2.08. The predicted molar refractivity (Wildman–Crippen MR) is 59.6 cm³/mol. The van der Waals surface area contributed by atoms with Gasteiger partial charge >= 0.3 is 0 Å². The molecule has 0 spiro atoms. The summed E-state index contributed by atoms with van der Waals surface area (Å²) in [4.78, 5) is 8.21. The zero-order chi connectivity index (χ0) is 10.8. The normalized spacial score (nSPS) is 24.5. The molecule has 1 N–H and O–H groups in total. The molecule has 0 amide bonds. The Hall–Kier alpha value is -1.03. The number of hydrogen-bond acceptors (Lipinski definition) is 4. The molecule has 0 aliphatic heterocycles. The van der Waals surface area contributed by atoms with Crippen molar-refractivity contribution >= 4 is 17.4 Å². The minimum atomic E-state index is 0.312. The van der Waals surface area contributed by atoms with E-state index in [1.54, 1.807) is 7.11 Å². The van der Waals surface area contributed by atoms with Crippen LogP contribution in [0.1, 0.15) is 18.4 Å². The summed E-state index contributed by atoms with van der Waals surface area (Å²) in [6.45, 7) is 1.94. The molecule has 0 saturated heterocycles. The highest BCUT2D eigenvalue weighted by Gasteiger charge is 2.27. The molecule has 0 atom stereocenters. The molecule has 1 aromatic heterocycles. The van der Waals surface area contributed by atoms with Crippen molar-refractivity contribution in [1.29, 1.82) is 0 Å². The second-order valence-electron chi connectivity index (χ2n) is 3.77. The third-order valence-electron chi connectivity index (χ3n) is 2.65. The number of aromatic nitrogens is 2. The molecule has 0 bridgehead atoms. The first kappa shape index (κ1) is 10.5. The van der Waals surface area contributed by atoms with Gasteiger partial charge < -0.3 is 10.1 Å². The minimum absolute atomic E-state index is 0.312. The number of alkyl halides is 1. The molecule has 1 saturated carbocycles. The molecule has 82 valence electrons. The molecule has 1 fully saturated rings. The van der Waals surface area contributed by atoms with Gasteiger partial charge in [-0.3, -0.25) is 0 Å². The van der Waals surface area contributed by atoms with Crippen molar-refractivity contribution in [2.45, 2.75) is 31.2 Å². The standard InChI is InChI=1S/C10H14ClN3O/c1-6-9(12-5-13-10(6)15-2)14-8-3-7(11)4-8/h5,7-8H,3-4H2,1-2H3,(H,12,13,14). The summed E-state index contributed by atoms with van der Waals surface area (Å²) in [6, 6.07) is 0.436. The van der Waals surface area contributed by atoms with Gasteiger partial charge in [-0.25, -0.2) is 9.97 Å². The zero-order valence-corrected chi connectivity index (χ0v) is 9.58. The SMILES string of the molecule is COc1ncnc(NC2CC(Cl)C2)c1C. The Morgan fingerprint density at radius 1 is 1.47 bits per heavy atom. The molecule has 0 radical (unpaired) electrons. The Bertz CT molecular complexity index is 353. The number of anilines is 1. The van der Waals surface area contributed by atoms with E-state index in [4.69, 9.17) is 16.3 Å². The Labute approximate surface area is 94.0 Å². The number of halogens is 1. The van der Waals surface area contributed by atoms with Gasteiger partial charge in [0.05, 0.1) is 12.7 Å².